The van der Waals surface area contributed by atoms with Crippen LogP contribution in [0.3, 0.4) is 0 Å². The minimum Gasteiger partial charge on any atom is -0.380 e. The molecule has 44 heavy (non-hydrogen) atoms. The van der Waals surface area contributed by atoms with Crippen molar-refractivity contribution >= 4 is 45.5 Å². The maximum absolute atomic E-state index is 10.2. The van der Waals surface area contributed by atoms with E-state index in [1.165, 1.54) is 44.3 Å². The number of fused-ring (bicyclic) bond motifs is 11. The van der Waals surface area contributed by atoms with Gasteiger partial charge in [-0.1, -0.05) is 98.8 Å². The molecular formula is C40H28BN3. The fraction of sp³-hybridized carbons (Fsp3) is 0.0750. The van der Waals surface area contributed by atoms with Gasteiger partial charge in [0.1, 0.15) is 0 Å². The van der Waals surface area contributed by atoms with Gasteiger partial charge in [0, 0.05) is 33.4 Å². The van der Waals surface area contributed by atoms with E-state index in [1.54, 1.807) is 0 Å². The minimum absolute atomic E-state index is 0.141. The van der Waals surface area contributed by atoms with Crippen LogP contribution in [0.15, 0.2) is 133 Å². The lowest BCUT2D eigenvalue weighted by atomic mass is 9.37. The molecule has 9 rings (SSSR count). The second kappa shape index (κ2) is 8.99. The van der Waals surface area contributed by atoms with E-state index in [9.17, 15) is 5.26 Å². The zero-order valence-electron chi connectivity index (χ0n) is 24.6. The molecule has 0 radical (unpaired) electrons. The van der Waals surface area contributed by atoms with Gasteiger partial charge in [0.25, 0.3) is 0 Å². The summed E-state index contributed by atoms with van der Waals surface area (Å²) < 4.78 is 2.29. The first kappa shape index (κ1) is 25.0. The molecule has 0 fully saturated rings. The first-order valence-electron chi connectivity index (χ1n) is 15.2. The van der Waals surface area contributed by atoms with Crippen LogP contribution in [-0.2, 0) is 5.31 Å². The lowest BCUT2D eigenvalue weighted by Gasteiger charge is -2.38. The number of benzene rings is 6. The quantitative estimate of drug-likeness (QED) is 0.197. The van der Waals surface area contributed by atoms with Crippen molar-refractivity contribution in [1.29, 1.82) is 5.26 Å². The third-order valence-corrected chi connectivity index (χ3v) is 9.82. The molecule has 2 aliphatic heterocycles. The molecule has 0 atom stereocenters. The number of nitrogens with zero attached hydrogens (tertiary/aromatic N) is 3. The van der Waals surface area contributed by atoms with Crippen LogP contribution in [0, 0.1) is 11.3 Å². The summed E-state index contributed by atoms with van der Waals surface area (Å²) >= 11 is 0. The van der Waals surface area contributed by atoms with Crippen molar-refractivity contribution in [2.75, 3.05) is 4.81 Å². The van der Waals surface area contributed by atoms with Crippen molar-refractivity contribution in [2.24, 2.45) is 0 Å². The molecule has 1 aromatic heterocycles. The molecule has 2 aliphatic rings. The Balaban J connectivity index is 1.24. The SMILES string of the molecule is CC1(C)B2c3ccccc3-c3ccccc3N2c2ccc(-c3cc(C#N)cc(-n4c5ccccc5c5ccccc54)c3)cc21. The monoisotopic (exact) mass is 561 g/mol. The predicted octanol–water partition coefficient (Wildman–Crippen LogP) is 9.17. The molecule has 206 valence electrons. The minimum atomic E-state index is -0.141. The summed E-state index contributed by atoms with van der Waals surface area (Å²) in [6, 6.07) is 50.3. The summed E-state index contributed by atoms with van der Waals surface area (Å²) in [5.41, 5.74) is 13.9. The summed E-state index contributed by atoms with van der Waals surface area (Å²) in [5.74, 6) is 0. The highest BCUT2D eigenvalue weighted by molar-refractivity contribution is 6.84. The highest BCUT2D eigenvalue weighted by Gasteiger charge is 2.52. The molecule has 3 heterocycles. The van der Waals surface area contributed by atoms with Crippen molar-refractivity contribution in [3.63, 3.8) is 0 Å². The molecule has 0 aliphatic carbocycles. The lowest BCUT2D eigenvalue weighted by molar-refractivity contribution is 0.759. The van der Waals surface area contributed by atoms with E-state index in [4.69, 9.17) is 0 Å². The molecule has 0 saturated carbocycles. The largest absolute Gasteiger partial charge is 0.380 e. The average molecular weight is 561 g/mol. The Kier molecular flexibility index (Phi) is 5.11. The number of rotatable bonds is 2. The Morgan fingerprint density at radius 3 is 2.02 bits per heavy atom. The molecule has 0 unspecified atom stereocenters. The summed E-state index contributed by atoms with van der Waals surface area (Å²) in [6.07, 6.45) is 0. The summed E-state index contributed by atoms with van der Waals surface area (Å²) in [7, 11) is 0. The van der Waals surface area contributed by atoms with Gasteiger partial charge in [0.15, 0.2) is 0 Å². The maximum Gasteiger partial charge on any atom is 0.304 e. The number of hydrogen-bond donors (Lipinski definition) is 0. The molecule has 4 heteroatoms. The third-order valence-electron chi connectivity index (χ3n) is 9.82. The van der Waals surface area contributed by atoms with Crippen LogP contribution in [0.1, 0.15) is 25.0 Å². The van der Waals surface area contributed by atoms with Crippen LogP contribution in [0.2, 0.25) is 0 Å². The van der Waals surface area contributed by atoms with E-state index in [0.717, 1.165) is 27.8 Å². The molecule has 3 nitrogen and oxygen atoms in total. The van der Waals surface area contributed by atoms with E-state index in [-0.39, 0.29) is 12.2 Å². The smallest absolute Gasteiger partial charge is 0.304 e. The van der Waals surface area contributed by atoms with Crippen molar-refractivity contribution in [3.05, 3.63) is 145 Å². The first-order chi connectivity index (χ1) is 21.5. The van der Waals surface area contributed by atoms with Crippen molar-refractivity contribution in [2.45, 2.75) is 19.2 Å². The average Bonchev–Trinajstić information content (AvgIpc) is 3.53. The van der Waals surface area contributed by atoms with Crippen molar-refractivity contribution < 1.29 is 0 Å². The van der Waals surface area contributed by atoms with Crippen molar-refractivity contribution in [3.8, 4) is 34.0 Å². The molecule has 7 aromatic rings. The standard InChI is InChI=1S/C40H28BN3/c1-40(2)34-24-27(19-20-39(34)44-38-18-10-6-12-31(38)30-11-3-7-15-35(30)41(40)44)28-21-26(25-42)22-29(23-28)43-36-16-8-4-13-32(36)33-14-5-9-17-37(33)43/h3-24H,1-2H3. The zero-order valence-corrected chi connectivity index (χ0v) is 24.6. The highest BCUT2D eigenvalue weighted by atomic mass is 15.1. The Labute approximate surface area is 257 Å². The van der Waals surface area contributed by atoms with Gasteiger partial charge < -0.3 is 9.38 Å². The van der Waals surface area contributed by atoms with Crippen LogP contribution in [0.4, 0.5) is 11.4 Å². The fourth-order valence-corrected chi connectivity index (χ4v) is 7.91. The van der Waals surface area contributed by atoms with E-state index in [0.29, 0.717) is 5.56 Å². The van der Waals surface area contributed by atoms with E-state index in [1.807, 2.05) is 12.1 Å². The number of aromatic nitrogens is 1. The van der Waals surface area contributed by atoms with Gasteiger partial charge >= 0.3 is 6.85 Å². The van der Waals surface area contributed by atoms with Crippen LogP contribution in [-0.4, -0.2) is 11.4 Å². The number of para-hydroxylation sites is 3. The van der Waals surface area contributed by atoms with Crippen LogP contribution in [0.25, 0.3) is 49.7 Å². The van der Waals surface area contributed by atoms with Gasteiger partial charge in [0.05, 0.1) is 22.7 Å². The number of nitriles is 1. The van der Waals surface area contributed by atoms with Gasteiger partial charge in [-0.2, -0.15) is 5.26 Å². The lowest BCUT2D eigenvalue weighted by Crippen LogP contribution is -2.55. The molecule has 0 amide bonds. The molecule has 6 aromatic carbocycles. The molecule has 0 bridgehead atoms. The maximum atomic E-state index is 10.2. The van der Waals surface area contributed by atoms with Crippen LogP contribution >= 0.6 is 0 Å². The molecule has 0 N–H and O–H groups in total. The Hall–Kier alpha value is -5.53. The van der Waals surface area contributed by atoms with E-state index in [2.05, 4.69) is 151 Å². The van der Waals surface area contributed by atoms with Gasteiger partial charge in [-0.15, -0.1) is 0 Å². The van der Waals surface area contributed by atoms with Gasteiger partial charge in [-0.3, -0.25) is 0 Å². The van der Waals surface area contributed by atoms with Crippen molar-refractivity contribution in [1.82, 2.24) is 4.57 Å². The van der Waals surface area contributed by atoms with E-state index < -0.39 is 0 Å². The van der Waals surface area contributed by atoms with E-state index >= 15 is 0 Å². The van der Waals surface area contributed by atoms with Crippen LogP contribution in [0.5, 0.6) is 0 Å². The second-order valence-electron chi connectivity index (χ2n) is 12.6. The summed E-state index contributed by atoms with van der Waals surface area (Å²) in [4.78, 5) is 2.55. The van der Waals surface area contributed by atoms with Gasteiger partial charge in [0.2, 0.25) is 0 Å². The van der Waals surface area contributed by atoms with Gasteiger partial charge in [-0.25, -0.2) is 0 Å². The Morgan fingerprint density at radius 1 is 0.614 bits per heavy atom. The topological polar surface area (TPSA) is 32.0 Å². The third kappa shape index (κ3) is 3.33. The fourth-order valence-electron chi connectivity index (χ4n) is 7.91. The predicted molar refractivity (Wildman–Crippen MR) is 183 cm³/mol. The highest BCUT2D eigenvalue weighted by Crippen LogP contribution is 2.52. The second-order valence-corrected chi connectivity index (χ2v) is 12.6. The summed E-state index contributed by atoms with van der Waals surface area (Å²) in [6.45, 7) is 4.94. The number of anilines is 2. The zero-order chi connectivity index (χ0) is 29.6. The Morgan fingerprint density at radius 2 is 1.27 bits per heavy atom. The molecule has 0 saturated heterocycles. The van der Waals surface area contributed by atoms with Gasteiger partial charge in [-0.05, 0) is 81.6 Å². The molecule has 0 spiro atoms. The summed E-state index contributed by atoms with van der Waals surface area (Å²) in [5, 5.41) is 12.4. The first-order valence-corrected chi connectivity index (χ1v) is 15.2. The van der Waals surface area contributed by atoms with Crippen LogP contribution < -0.4 is 10.3 Å². The normalized spacial score (nSPS) is 14.2. The Bertz CT molecular complexity index is 2300. The molecular weight excluding hydrogens is 533 g/mol. The number of hydrogen-bond acceptors (Lipinski definition) is 2.